The highest BCUT2D eigenvalue weighted by molar-refractivity contribution is 5.97. The molecule has 1 aromatic carbocycles. The van der Waals surface area contributed by atoms with E-state index in [0.717, 1.165) is 6.07 Å². The van der Waals surface area contributed by atoms with Gasteiger partial charge in [-0.3, -0.25) is 9.59 Å². The van der Waals surface area contributed by atoms with Crippen LogP contribution in [-0.2, 0) is 9.59 Å². The largest absolute Gasteiger partial charge is 0.355 e. The third kappa shape index (κ3) is 2.30. The van der Waals surface area contributed by atoms with Gasteiger partial charge in [-0.2, -0.15) is 5.26 Å². The standard InChI is InChI=1S/C12H10FN3O2/c13-9-2-1-3-10(8(9)5-14)16-12(18)7-4-11(17)15-6-7/h1-3,7H,4,6H2,(H,15,17)(H,16,18). The van der Waals surface area contributed by atoms with E-state index in [2.05, 4.69) is 10.6 Å². The number of nitrogens with zero attached hydrogens (tertiary/aromatic N) is 1. The van der Waals surface area contributed by atoms with Gasteiger partial charge in [0, 0.05) is 13.0 Å². The van der Waals surface area contributed by atoms with E-state index in [9.17, 15) is 14.0 Å². The molecule has 2 N–H and O–H groups in total. The molecular weight excluding hydrogens is 237 g/mol. The van der Waals surface area contributed by atoms with Crippen LogP contribution < -0.4 is 10.6 Å². The molecule has 1 aromatic rings. The molecule has 92 valence electrons. The molecule has 1 saturated heterocycles. The van der Waals surface area contributed by atoms with Gasteiger partial charge in [0.15, 0.2) is 0 Å². The summed E-state index contributed by atoms with van der Waals surface area (Å²) in [6.07, 6.45) is 0.114. The second-order valence-corrected chi connectivity index (χ2v) is 3.97. The molecule has 0 spiro atoms. The molecule has 5 nitrogen and oxygen atoms in total. The fourth-order valence-electron chi connectivity index (χ4n) is 1.77. The van der Waals surface area contributed by atoms with Crippen molar-refractivity contribution in [3.05, 3.63) is 29.6 Å². The first kappa shape index (κ1) is 12.0. The SMILES string of the molecule is N#Cc1c(F)cccc1NC(=O)C1CNC(=O)C1. The predicted molar refractivity (Wildman–Crippen MR) is 60.9 cm³/mol. The van der Waals surface area contributed by atoms with Crippen LogP contribution in [0, 0.1) is 23.1 Å². The lowest BCUT2D eigenvalue weighted by Crippen LogP contribution is -2.25. The second kappa shape index (κ2) is 4.84. The molecule has 2 amide bonds. The zero-order chi connectivity index (χ0) is 13.1. The highest BCUT2D eigenvalue weighted by Gasteiger charge is 2.28. The van der Waals surface area contributed by atoms with Gasteiger partial charge >= 0.3 is 0 Å². The van der Waals surface area contributed by atoms with Crippen LogP contribution in [-0.4, -0.2) is 18.4 Å². The quantitative estimate of drug-likeness (QED) is 0.809. The Labute approximate surface area is 103 Å². The summed E-state index contributed by atoms with van der Waals surface area (Å²) in [5.74, 6) is -1.74. The molecule has 0 bridgehead atoms. The van der Waals surface area contributed by atoms with Crippen LogP contribution in [0.5, 0.6) is 0 Å². The fourth-order valence-corrected chi connectivity index (χ4v) is 1.77. The number of hydrogen-bond donors (Lipinski definition) is 2. The van der Waals surface area contributed by atoms with Crippen LogP contribution in [0.1, 0.15) is 12.0 Å². The molecule has 0 aliphatic carbocycles. The number of benzene rings is 1. The maximum atomic E-state index is 13.3. The van der Waals surface area contributed by atoms with Crippen molar-refractivity contribution in [2.75, 3.05) is 11.9 Å². The molecule has 1 unspecified atom stereocenters. The summed E-state index contributed by atoms with van der Waals surface area (Å²) >= 11 is 0. The summed E-state index contributed by atoms with van der Waals surface area (Å²) in [5, 5.41) is 13.8. The van der Waals surface area contributed by atoms with E-state index in [1.807, 2.05) is 0 Å². The lowest BCUT2D eigenvalue weighted by Gasteiger charge is -2.10. The lowest BCUT2D eigenvalue weighted by atomic mass is 10.1. The molecule has 1 atom stereocenters. The number of nitriles is 1. The maximum Gasteiger partial charge on any atom is 0.229 e. The molecule has 0 aromatic heterocycles. The van der Waals surface area contributed by atoms with Gasteiger partial charge in [-0.15, -0.1) is 0 Å². The summed E-state index contributed by atoms with van der Waals surface area (Å²) in [5.41, 5.74) is -0.0787. The van der Waals surface area contributed by atoms with Crippen LogP contribution in [0.4, 0.5) is 10.1 Å². The Morgan fingerprint density at radius 3 is 2.94 bits per heavy atom. The number of nitrogens with one attached hydrogen (secondary N) is 2. The molecule has 1 fully saturated rings. The van der Waals surface area contributed by atoms with E-state index >= 15 is 0 Å². The zero-order valence-corrected chi connectivity index (χ0v) is 9.37. The Balaban J connectivity index is 2.15. The monoisotopic (exact) mass is 247 g/mol. The first-order valence-electron chi connectivity index (χ1n) is 5.38. The Morgan fingerprint density at radius 2 is 2.33 bits per heavy atom. The van der Waals surface area contributed by atoms with E-state index in [4.69, 9.17) is 5.26 Å². The maximum absolute atomic E-state index is 13.3. The third-order valence-corrected chi connectivity index (χ3v) is 2.73. The van der Waals surface area contributed by atoms with Crippen molar-refractivity contribution in [3.63, 3.8) is 0 Å². The number of carbonyl (C=O) groups excluding carboxylic acids is 2. The van der Waals surface area contributed by atoms with E-state index in [1.54, 1.807) is 6.07 Å². The first-order chi connectivity index (χ1) is 8.61. The van der Waals surface area contributed by atoms with Crippen molar-refractivity contribution < 1.29 is 14.0 Å². The summed E-state index contributed by atoms with van der Waals surface area (Å²) < 4.78 is 13.3. The first-order valence-corrected chi connectivity index (χ1v) is 5.38. The zero-order valence-electron chi connectivity index (χ0n) is 9.37. The fraction of sp³-hybridized carbons (Fsp3) is 0.250. The number of halogens is 1. The number of amides is 2. The van der Waals surface area contributed by atoms with Crippen LogP contribution in [0.2, 0.25) is 0 Å². The van der Waals surface area contributed by atoms with Crippen molar-refractivity contribution in [3.8, 4) is 6.07 Å². The Morgan fingerprint density at radius 1 is 1.56 bits per heavy atom. The predicted octanol–water partition coefficient (Wildman–Crippen LogP) is 0.772. The highest BCUT2D eigenvalue weighted by Crippen LogP contribution is 2.19. The molecule has 1 aliphatic heterocycles. The normalized spacial score (nSPS) is 18.0. The van der Waals surface area contributed by atoms with Crippen LogP contribution in [0.25, 0.3) is 0 Å². The summed E-state index contributed by atoms with van der Waals surface area (Å²) in [4.78, 5) is 22.8. The van der Waals surface area contributed by atoms with Gasteiger partial charge in [0.05, 0.1) is 11.6 Å². The topological polar surface area (TPSA) is 82.0 Å². The Kier molecular flexibility index (Phi) is 3.24. The molecule has 1 aliphatic rings. The van der Waals surface area contributed by atoms with Crippen LogP contribution in [0.3, 0.4) is 0 Å². The van der Waals surface area contributed by atoms with Gasteiger partial charge in [0.1, 0.15) is 17.4 Å². The molecule has 0 saturated carbocycles. The number of carbonyl (C=O) groups is 2. The number of anilines is 1. The third-order valence-electron chi connectivity index (χ3n) is 2.73. The summed E-state index contributed by atoms with van der Waals surface area (Å²) in [6, 6.07) is 5.70. The average Bonchev–Trinajstić information content (AvgIpc) is 2.76. The minimum absolute atomic E-state index is 0.114. The lowest BCUT2D eigenvalue weighted by molar-refractivity contribution is -0.123. The van der Waals surface area contributed by atoms with Crippen molar-refractivity contribution in [1.82, 2.24) is 5.32 Å². The number of hydrogen-bond acceptors (Lipinski definition) is 3. The van der Waals surface area contributed by atoms with Gasteiger partial charge in [0.25, 0.3) is 0 Å². The molecule has 0 radical (unpaired) electrons. The van der Waals surface area contributed by atoms with Gasteiger partial charge in [-0.25, -0.2) is 4.39 Å². The van der Waals surface area contributed by atoms with Gasteiger partial charge in [-0.05, 0) is 12.1 Å². The molecule has 18 heavy (non-hydrogen) atoms. The average molecular weight is 247 g/mol. The Bertz CT molecular complexity index is 551. The summed E-state index contributed by atoms with van der Waals surface area (Å²) in [7, 11) is 0. The van der Waals surface area contributed by atoms with E-state index in [0.29, 0.717) is 0 Å². The summed E-state index contributed by atoms with van der Waals surface area (Å²) in [6.45, 7) is 0.266. The van der Waals surface area contributed by atoms with Gasteiger partial charge < -0.3 is 10.6 Å². The molecular formula is C12H10FN3O2. The van der Waals surface area contributed by atoms with Gasteiger partial charge in [-0.1, -0.05) is 6.07 Å². The van der Waals surface area contributed by atoms with Crippen molar-refractivity contribution in [2.24, 2.45) is 5.92 Å². The van der Waals surface area contributed by atoms with Crippen LogP contribution in [0.15, 0.2) is 18.2 Å². The molecule has 6 heteroatoms. The molecule has 1 heterocycles. The number of rotatable bonds is 2. The van der Waals surface area contributed by atoms with E-state index < -0.39 is 17.6 Å². The smallest absolute Gasteiger partial charge is 0.229 e. The van der Waals surface area contributed by atoms with E-state index in [1.165, 1.54) is 12.1 Å². The molecule has 2 rings (SSSR count). The highest BCUT2D eigenvalue weighted by atomic mass is 19.1. The van der Waals surface area contributed by atoms with Crippen LogP contribution >= 0.6 is 0 Å². The van der Waals surface area contributed by atoms with Crippen molar-refractivity contribution in [2.45, 2.75) is 6.42 Å². The van der Waals surface area contributed by atoms with E-state index in [-0.39, 0.29) is 30.1 Å². The van der Waals surface area contributed by atoms with Crippen molar-refractivity contribution in [1.29, 1.82) is 5.26 Å². The van der Waals surface area contributed by atoms with Gasteiger partial charge in [0.2, 0.25) is 11.8 Å². The minimum Gasteiger partial charge on any atom is -0.355 e. The second-order valence-electron chi connectivity index (χ2n) is 3.97. The van der Waals surface area contributed by atoms with Crippen molar-refractivity contribution >= 4 is 17.5 Å². The minimum atomic E-state index is -0.684. The Hall–Kier alpha value is -2.42.